The van der Waals surface area contributed by atoms with E-state index in [1.807, 2.05) is 6.20 Å². The number of hydrogen-bond acceptors (Lipinski definition) is 4. The fourth-order valence-corrected chi connectivity index (χ4v) is 8.71. The van der Waals surface area contributed by atoms with E-state index in [0.29, 0.717) is 6.67 Å². The van der Waals surface area contributed by atoms with Gasteiger partial charge in [0.15, 0.2) is 0 Å². The van der Waals surface area contributed by atoms with Crippen molar-refractivity contribution in [1.29, 1.82) is 0 Å². The molecular formula is C54H49N5O. The van der Waals surface area contributed by atoms with Crippen LogP contribution in [0.1, 0.15) is 52.7 Å². The van der Waals surface area contributed by atoms with E-state index in [2.05, 4.69) is 231 Å². The summed E-state index contributed by atoms with van der Waals surface area (Å²) in [7, 11) is 0. The maximum absolute atomic E-state index is 6.96. The predicted octanol–water partition coefficient (Wildman–Crippen LogP) is 13.9. The van der Waals surface area contributed by atoms with Gasteiger partial charge in [-0.2, -0.15) is 0 Å². The summed E-state index contributed by atoms with van der Waals surface area (Å²) >= 11 is 0. The molecule has 3 aromatic heterocycles. The standard InChI is InChI=1S/C54H49N5O/c1-53(2,3)39-27-28-55-50(33-39)59-49-35-42(25-26-45(49)51-52(59)44-21-13-15-23-47(44)58(51)40-19-11-8-12-20-40)60-43-32-38(37-17-9-7-10-18-37)31-41(34-43)56-29-30-57(36-56)48-24-16-14-22-46(48)54(4,5)6/h7-35H,36H2,1-6H3. The SMILES string of the molecule is CC(C)(C)c1ccnc(-n2c3cc(Oc4cc(-c5ccccc5)cc(N5C=CN(c6ccccc6C(C)(C)C)C5)c4)ccc3c3c2c2ccccc2n3-c2ccccc2)c1. The largest absolute Gasteiger partial charge is 0.457 e. The molecule has 0 fully saturated rings. The topological polar surface area (TPSA) is 38.5 Å². The van der Waals surface area contributed by atoms with Gasteiger partial charge in [-0.3, -0.25) is 4.57 Å². The molecular weight excluding hydrogens is 735 g/mol. The Labute approximate surface area is 352 Å². The average Bonchev–Trinajstić information content (AvgIpc) is 3.97. The van der Waals surface area contributed by atoms with E-state index in [0.717, 1.165) is 72.7 Å². The van der Waals surface area contributed by atoms with Gasteiger partial charge in [0.05, 0.1) is 28.7 Å². The van der Waals surface area contributed by atoms with Gasteiger partial charge >= 0.3 is 0 Å². The molecule has 0 atom stereocenters. The van der Waals surface area contributed by atoms with Crippen LogP contribution in [-0.4, -0.2) is 20.8 Å². The molecule has 0 bridgehead atoms. The maximum atomic E-state index is 6.96. The van der Waals surface area contributed by atoms with Gasteiger partial charge in [0.1, 0.15) is 17.3 Å². The Morgan fingerprint density at radius 1 is 0.500 bits per heavy atom. The summed E-state index contributed by atoms with van der Waals surface area (Å²) in [6.07, 6.45) is 6.29. The number of ether oxygens (including phenoxy) is 1. The van der Waals surface area contributed by atoms with Crippen molar-refractivity contribution in [3.05, 3.63) is 187 Å². The maximum Gasteiger partial charge on any atom is 0.137 e. The Morgan fingerprint density at radius 3 is 1.97 bits per heavy atom. The highest BCUT2D eigenvalue weighted by molar-refractivity contribution is 6.20. The Kier molecular flexibility index (Phi) is 8.90. The molecule has 0 N–H and O–H groups in total. The molecule has 1 aliphatic rings. The lowest BCUT2D eigenvalue weighted by atomic mass is 9.85. The van der Waals surface area contributed by atoms with Gasteiger partial charge in [0, 0.05) is 58.6 Å². The Hall–Kier alpha value is -7.05. The van der Waals surface area contributed by atoms with Gasteiger partial charge in [0.25, 0.3) is 0 Å². The highest BCUT2D eigenvalue weighted by Gasteiger charge is 2.26. The number of aromatic nitrogens is 3. The van der Waals surface area contributed by atoms with Crippen LogP contribution in [0.4, 0.5) is 11.4 Å². The normalized spacial score (nSPS) is 13.3. The molecule has 10 rings (SSSR count). The molecule has 0 unspecified atom stereocenters. The fraction of sp³-hybridized carbons (Fsp3) is 0.167. The highest BCUT2D eigenvalue weighted by Crippen LogP contribution is 2.43. The molecule has 0 amide bonds. The van der Waals surface area contributed by atoms with E-state index in [1.54, 1.807) is 0 Å². The molecule has 0 aliphatic carbocycles. The monoisotopic (exact) mass is 783 g/mol. The third-order valence-corrected chi connectivity index (χ3v) is 11.7. The molecule has 60 heavy (non-hydrogen) atoms. The molecule has 6 aromatic carbocycles. The smallest absolute Gasteiger partial charge is 0.137 e. The lowest BCUT2D eigenvalue weighted by Crippen LogP contribution is -2.27. The molecule has 1 aliphatic heterocycles. The molecule has 0 saturated heterocycles. The van der Waals surface area contributed by atoms with Gasteiger partial charge in [-0.1, -0.05) is 126 Å². The predicted molar refractivity (Wildman–Crippen MR) is 250 cm³/mol. The average molecular weight is 784 g/mol. The number of benzene rings is 6. The quantitative estimate of drug-likeness (QED) is 0.161. The van der Waals surface area contributed by atoms with Crippen LogP contribution < -0.4 is 14.5 Å². The van der Waals surface area contributed by atoms with Crippen molar-refractivity contribution in [3.8, 4) is 34.1 Å². The first kappa shape index (κ1) is 37.2. The zero-order valence-electron chi connectivity index (χ0n) is 35.1. The summed E-state index contributed by atoms with van der Waals surface area (Å²) in [5, 5.41) is 2.29. The van der Waals surface area contributed by atoms with Crippen molar-refractivity contribution in [2.45, 2.75) is 52.4 Å². The number of rotatable bonds is 7. The summed E-state index contributed by atoms with van der Waals surface area (Å²) in [6, 6.07) is 56.0. The number of hydrogen-bond donors (Lipinski definition) is 0. The van der Waals surface area contributed by atoms with Gasteiger partial charge in [-0.15, -0.1) is 0 Å². The van der Waals surface area contributed by atoms with Crippen molar-refractivity contribution in [2.75, 3.05) is 16.5 Å². The van der Waals surface area contributed by atoms with E-state index in [-0.39, 0.29) is 10.8 Å². The van der Waals surface area contributed by atoms with E-state index < -0.39 is 0 Å². The number of pyridine rings is 1. The second-order valence-electron chi connectivity index (χ2n) is 17.9. The summed E-state index contributed by atoms with van der Waals surface area (Å²) in [5.74, 6) is 2.39. The first-order valence-corrected chi connectivity index (χ1v) is 20.8. The second-order valence-corrected chi connectivity index (χ2v) is 17.9. The molecule has 0 saturated carbocycles. The van der Waals surface area contributed by atoms with Crippen LogP contribution in [0.5, 0.6) is 11.5 Å². The van der Waals surface area contributed by atoms with Crippen LogP contribution in [0.2, 0.25) is 0 Å². The van der Waals surface area contributed by atoms with Gasteiger partial charge in [0.2, 0.25) is 0 Å². The van der Waals surface area contributed by atoms with Gasteiger partial charge < -0.3 is 19.1 Å². The lowest BCUT2D eigenvalue weighted by molar-refractivity contribution is 0.483. The number of para-hydroxylation sites is 3. The number of fused-ring (bicyclic) bond motifs is 5. The molecule has 6 heteroatoms. The fourth-order valence-electron chi connectivity index (χ4n) is 8.71. The minimum Gasteiger partial charge on any atom is -0.457 e. The van der Waals surface area contributed by atoms with Crippen LogP contribution in [0.3, 0.4) is 0 Å². The van der Waals surface area contributed by atoms with Crippen molar-refractivity contribution >= 4 is 44.2 Å². The van der Waals surface area contributed by atoms with E-state index >= 15 is 0 Å². The summed E-state index contributed by atoms with van der Waals surface area (Å²) < 4.78 is 11.7. The summed E-state index contributed by atoms with van der Waals surface area (Å²) in [6.45, 7) is 14.3. The van der Waals surface area contributed by atoms with E-state index in [4.69, 9.17) is 9.72 Å². The minimum absolute atomic E-state index is 0.0157. The van der Waals surface area contributed by atoms with Crippen LogP contribution in [-0.2, 0) is 10.8 Å². The number of anilines is 2. The highest BCUT2D eigenvalue weighted by atomic mass is 16.5. The zero-order valence-corrected chi connectivity index (χ0v) is 35.1. The molecule has 0 radical (unpaired) electrons. The first-order valence-electron chi connectivity index (χ1n) is 20.8. The van der Waals surface area contributed by atoms with Crippen LogP contribution in [0.15, 0.2) is 176 Å². The molecule has 0 spiro atoms. The Bertz CT molecular complexity index is 3070. The van der Waals surface area contributed by atoms with Crippen molar-refractivity contribution in [2.24, 2.45) is 0 Å². The van der Waals surface area contributed by atoms with E-state index in [1.165, 1.54) is 16.8 Å². The lowest BCUT2D eigenvalue weighted by Gasteiger charge is -2.29. The second kappa shape index (κ2) is 14.3. The van der Waals surface area contributed by atoms with Gasteiger partial charge in [-0.05, 0) is 93.7 Å². The minimum atomic E-state index is -0.0505. The van der Waals surface area contributed by atoms with E-state index in [9.17, 15) is 0 Å². The molecule has 296 valence electrons. The third kappa shape index (κ3) is 6.58. The number of nitrogens with zero attached hydrogens (tertiary/aromatic N) is 5. The van der Waals surface area contributed by atoms with Crippen LogP contribution in [0.25, 0.3) is 55.5 Å². The van der Waals surface area contributed by atoms with Crippen molar-refractivity contribution in [3.63, 3.8) is 0 Å². The molecule has 9 aromatic rings. The molecule has 6 nitrogen and oxygen atoms in total. The Morgan fingerprint density at radius 2 is 1.18 bits per heavy atom. The summed E-state index contributed by atoms with van der Waals surface area (Å²) in [4.78, 5) is 9.67. The first-order chi connectivity index (χ1) is 29.0. The third-order valence-electron chi connectivity index (χ3n) is 11.7. The Balaban J connectivity index is 1.12. The van der Waals surface area contributed by atoms with Gasteiger partial charge in [-0.25, -0.2) is 4.98 Å². The van der Waals surface area contributed by atoms with Crippen molar-refractivity contribution in [1.82, 2.24) is 14.1 Å². The van der Waals surface area contributed by atoms with Crippen molar-refractivity contribution < 1.29 is 4.74 Å². The van der Waals surface area contributed by atoms with Crippen LogP contribution >= 0.6 is 0 Å². The summed E-state index contributed by atoms with van der Waals surface area (Å²) in [5.41, 5.74) is 12.6. The zero-order chi connectivity index (χ0) is 41.2. The van der Waals surface area contributed by atoms with Crippen LogP contribution in [0, 0.1) is 0 Å². The molecule has 4 heterocycles.